The van der Waals surface area contributed by atoms with Gasteiger partial charge in [-0.25, -0.2) is 4.39 Å². The third-order valence-corrected chi connectivity index (χ3v) is 3.49. The maximum atomic E-state index is 13.7. The SMILES string of the molecule is Cc1ccc(C(=O)N2CCC(C(=O)O)CC2)c(F)c1. The molecule has 102 valence electrons. The quantitative estimate of drug-likeness (QED) is 0.890. The van der Waals surface area contributed by atoms with Crippen molar-refractivity contribution in [2.75, 3.05) is 13.1 Å². The minimum atomic E-state index is -0.825. The Morgan fingerprint density at radius 2 is 1.95 bits per heavy atom. The van der Waals surface area contributed by atoms with Crippen molar-refractivity contribution in [3.63, 3.8) is 0 Å². The number of carboxylic acid groups (broad SMARTS) is 1. The molecule has 1 saturated heterocycles. The van der Waals surface area contributed by atoms with Crippen LogP contribution in [0.15, 0.2) is 18.2 Å². The lowest BCUT2D eigenvalue weighted by atomic mass is 9.96. The number of carboxylic acids is 1. The molecule has 2 rings (SSSR count). The third kappa shape index (κ3) is 2.92. The minimum Gasteiger partial charge on any atom is -0.481 e. The molecule has 1 amide bonds. The number of amides is 1. The number of benzene rings is 1. The molecule has 0 bridgehead atoms. The largest absolute Gasteiger partial charge is 0.481 e. The third-order valence-electron chi connectivity index (χ3n) is 3.49. The molecule has 19 heavy (non-hydrogen) atoms. The lowest BCUT2D eigenvalue weighted by Gasteiger charge is -2.30. The number of carbonyl (C=O) groups is 2. The van der Waals surface area contributed by atoms with Gasteiger partial charge in [0.05, 0.1) is 11.5 Å². The van der Waals surface area contributed by atoms with Crippen molar-refractivity contribution in [2.24, 2.45) is 5.92 Å². The Bertz CT molecular complexity index is 507. The number of carbonyl (C=O) groups excluding carboxylic acids is 1. The van der Waals surface area contributed by atoms with Gasteiger partial charge in [0, 0.05) is 13.1 Å². The second kappa shape index (κ2) is 5.38. The number of hydrogen-bond donors (Lipinski definition) is 1. The number of aliphatic carboxylic acids is 1. The first-order valence-corrected chi connectivity index (χ1v) is 6.27. The van der Waals surface area contributed by atoms with Crippen molar-refractivity contribution < 1.29 is 19.1 Å². The predicted molar refractivity (Wildman–Crippen MR) is 67.4 cm³/mol. The van der Waals surface area contributed by atoms with Crippen molar-refractivity contribution in [1.29, 1.82) is 0 Å². The lowest BCUT2D eigenvalue weighted by Crippen LogP contribution is -2.40. The van der Waals surface area contributed by atoms with Crippen LogP contribution in [0.1, 0.15) is 28.8 Å². The molecule has 4 nitrogen and oxygen atoms in total. The topological polar surface area (TPSA) is 57.6 Å². The lowest BCUT2D eigenvalue weighted by molar-refractivity contribution is -0.143. The summed E-state index contributed by atoms with van der Waals surface area (Å²) < 4.78 is 13.7. The Kier molecular flexibility index (Phi) is 3.83. The number of hydrogen-bond acceptors (Lipinski definition) is 2. The summed E-state index contributed by atoms with van der Waals surface area (Å²) in [4.78, 5) is 24.5. The maximum Gasteiger partial charge on any atom is 0.306 e. The van der Waals surface area contributed by atoms with Crippen molar-refractivity contribution >= 4 is 11.9 Å². The number of piperidine rings is 1. The molecule has 1 aromatic rings. The number of halogens is 1. The van der Waals surface area contributed by atoms with Gasteiger partial charge in [-0.3, -0.25) is 9.59 Å². The zero-order chi connectivity index (χ0) is 14.0. The average molecular weight is 265 g/mol. The zero-order valence-corrected chi connectivity index (χ0v) is 10.7. The molecule has 0 saturated carbocycles. The molecule has 1 fully saturated rings. The van der Waals surface area contributed by atoms with Gasteiger partial charge in [0.1, 0.15) is 5.82 Å². The van der Waals surface area contributed by atoms with E-state index in [2.05, 4.69) is 0 Å². The highest BCUT2D eigenvalue weighted by molar-refractivity contribution is 5.94. The van der Waals surface area contributed by atoms with E-state index in [1.54, 1.807) is 13.0 Å². The Balaban J connectivity index is 2.07. The fraction of sp³-hybridized carbons (Fsp3) is 0.429. The first-order valence-electron chi connectivity index (χ1n) is 6.27. The van der Waals surface area contributed by atoms with Gasteiger partial charge in [-0.1, -0.05) is 6.07 Å². The second-order valence-corrected chi connectivity index (χ2v) is 4.89. The highest BCUT2D eigenvalue weighted by Crippen LogP contribution is 2.20. The van der Waals surface area contributed by atoms with E-state index >= 15 is 0 Å². The summed E-state index contributed by atoms with van der Waals surface area (Å²) in [6.45, 7) is 2.49. The molecule has 1 aromatic carbocycles. The van der Waals surface area contributed by atoms with E-state index in [-0.39, 0.29) is 11.5 Å². The molecule has 0 aromatic heterocycles. The summed E-state index contributed by atoms with van der Waals surface area (Å²) in [6.07, 6.45) is 0.850. The predicted octanol–water partition coefficient (Wildman–Crippen LogP) is 2.07. The molecular formula is C14H16FNO3. The maximum absolute atomic E-state index is 13.7. The van der Waals surface area contributed by atoms with Gasteiger partial charge in [-0.05, 0) is 37.5 Å². The van der Waals surface area contributed by atoms with Crippen LogP contribution >= 0.6 is 0 Å². The molecule has 1 N–H and O–H groups in total. The van der Waals surface area contributed by atoms with Crippen LogP contribution in [0.25, 0.3) is 0 Å². The average Bonchev–Trinajstić information content (AvgIpc) is 2.38. The van der Waals surface area contributed by atoms with Gasteiger partial charge in [-0.15, -0.1) is 0 Å². The molecule has 0 aliphatic carbocycles. The molecule has 0 unspecified atom stereocenters. The van der Waals surface area contributed by atoms with E-state index in [9.17, 15) is 14.0 Å². The van der Waals surface area contributed by atoms with Crippen molar-refractivity contribution in [3.8, 4) is 0 Å². The molecule has 1 heterocycles. The smallest absolute Gasteiger partial charge is 0.306 e. The fourth-order valence-corrected chi connectivity index (χ4v) is 2.29. The summed E-state index contributed by atoms with van der Waals surface area (Å²) in [5, 5.41) is 8.89. The van der Waals surface area contributed by atoms with Crippen LogP contribution in [0.5, 0.6) is 0 Å². The second-order valence-electron chi connectivity index (χ2n) is 4.89. The highest BCUT2D eigenvalue weighted by Gasteiger charge is 2.28. The van der Waals surface area contributed by atoms with Crippen molar-refractivity contribution in [3.05, 3.63) is 35.1 Å². The van der Waals surface area contributed by atoms with Gasteiger partial charge in [0.25, 0.3) is 5.91 Å². The molecule has 0 spiro atoms. The first-order chi connectivity index (χ1) is 8.99. The van der Waals surface area contributed by atoms with Crippen LogP contribution in [0.2, 0.25) is 0 Å². The highest BCUT2D eigenvalue weighted by atomic mass is 19.1. The minimum absolute atomic E-state index is 0.0550. The van der Waals surface area contributed by atoms with Gasteiger partial charge in [0.2, 0.25) is 0 Å². The zero-order valence-electron chi connectivity index (χ0n) is 10.7. The van der Waals surface area contributed by atoms with Crippen molar-refractivity contribution in [2.45, 2.75) is 19.8 Å². The van der Waals surface area contributed by atoms with Crippen LogP contribution in [0.3, 0.4) is 0 Å². The van der Waals surface area contributed by atoms with E-state index in [0.29, 0.717) is 25.9 Å². The molecule has 5 heteroatoms. The Morgan fingerprint density at radius 1 is 1.32 bits per heavy atom. The standard InChI is InChI=1S/C14H16FNO3/c1-9-2-3-11(12(15)8-9)13(17)16-6-4-10(5-7-16)14(18)19/h2-3,8,10H,4-7H2,1H3,(H,18,19). The molecule has 0 atom stereocenters. The van der Waals surface area contributed by atoms with Crippen LogP contribution in [-0.4, -0.2) is 35.0 Å². The van der Waals surface area contributed by atoms with Crippen LogP contribution in [0.4, 0.5) is 4.39 Å². The number of likely N-dealkylation sites (tertiary alicyclic amines) is 1. The van der Waals surface area contributed by atoms with E-state index in [1.807, 2.05) is 0 Å². The van der Waals surface area contributed by atoms with Gasteiger partial charge >= 0.3 is 5.97 Å². The Hall–Kier alpha value is -1.91. The van der Waals surface area contributed by atoms with E-state index in [0.717, 1.165) is 5.56 Å². The molecular weight excluding hydrogens is 249 g/mol. The summed E-state index contributed by atoms with van der Waals surface area (Å²) in [6, 6.07) is 4.51. The molecule has 0 radical (unpaired) electrons. The summed E-state index contributed by atoms with van der Waals surface area (Å²) in [5.74, 6) is -2.10. The van der Waals surface area contributed by atoms with Crippen molar-refractivity contribution in [1.82, 2.24) is 4.90 Å². The van der Waals surface area contributed by atoms with Crippen LogP contribution in [0, 0.1) is 18.7 Å². The van der Waals surface area contributed by atoms with E-state index in [4.69, 9.17) is 5.11 Å². The van der Waals surface area contributed by atoms with Gasteiger partial charge in [0.15, 0.2) is 0 Å². The Labute approximate surface area is 110 Å². The number of aryl methyl sites for hydroxylation is 1. The molecule has 1 aliphatic rings. The van der Waals surface area contributed by atoms with Gasteiger partial charge < -0.3 is 10.0 Å². The first kappa shape index (κ1) is 13.5. The van der Waals surface area contributed by atoms with Crippen LogP contribution < -0.4 is 0 Å². The fourth-order valence-electron chi connectivity index (χ4n) is 2.29. The Morgan fingerprint density at radius 3 is 2.47 bits per heavy atom. The van der Waals surface area contributed by atoms with E-state index in [1.165, 1.54) is 17.0 Å². The van der Waals surface area contributed by atoms with Crippen LogP contribution in [-0.2, 0) is 4.79 Å². The number of rotatable bonds is 2. The monoisotopic (exact) mass is 265 g/mol. The van der Waals surface area contributed by atoms with E-state index < -0.39 is 17.7 Å². The summed E-state index contributed by atoms with van der Waals surface area (Å²) in [5.41, 5.74) is 0.818. The number of nitrogens with zero attached hydrogens (tertiary/aromatic N) is 1. The summed E-state index contributed by atoms with van der Waals surface area (Å²) >= 11 is 0. The normalized spacial score (nSPS) is 16.4. The van der Waals surface area contributed by atoms with Gasteiger partial charge in [-0.2, -0.15) is 0 Å². The summed E-state index contributed by atoms with van der Waals surface area (Å²) in [7, 11) is 0. The molecule has 1 aliphatic heterocycles.